The Morgan fingerprint density at radius 2 is 1.79 bits per heavy atom. The van der Waals surface area contributed by atoms with E-state index in [-0.39, 0.29) is 18.0 Å². The van der Waals surface area contributed by atoms with Crippen LogP contribution in [-0.2, 0) is 17.9 Å². The minimum atomic E-state index is -0.241. The van der Waals surface area contributed by atoms with Crippen LogP contribution in [0.1, 0.15) is 12.1 Å². The van der Waals surface area contributed by atoms with Crippen molar-refractivity contribution in [1.82, 2.24) is 19.7 Å². The number of carbonyl (C=O) groups is 1. The van der Waals surface area contributed by atoms with Gasteiger partial charge in [-0.25, -0.2) is 4.68 Å². The van der Waals surface area contributed by atoms with Gasteiger partial charge in [-0.3, -0.25) is 9.59 Å². The summed E-state index contributed by atoms with van der Waals surface area (Å²) in [5.41, 5.74) is 1.69. The number of amides is 1. The zero-order chi connectivity index (χ0) is 19.5. The number of hydrogen-bond donors (Lipinski definition) is 1. The first kappa shape index (κ1) is 18.0. The van der Waals surface area contributed by atoms with Crippen LogP contribution in [0.2, 0.25) is 0 Å². The molecular weight excluding hydrogens is 352 g/mol. The molecule has 0 bridgehead atoms. The van der Waals surface area contributed by atoms with Crippen LogP contribution in [-0.4, -0.2) is 26.8 Å². The SMILES string of the molecule is Cc1nn(CC(=O)NCCCn2ccc3ccccc32)c(=O)c2ccccc12. The largest absolute Gasteiger partial charge is 0.354 e. The molecule has 28 heavy (non-hydrogen) atoms. The van der Waals surface area contributed by atoms with Gasteiger partial charge in [0.25, 0.3) is 5.56 Å². The monoisotopic (exact) mass is 374 g/mol. The molecular formula is C22H22N4O2. The average molecular weight is 374 g/mol. The van der Waals surface area contributed by atoms with Gasteiger partial charge in [-0.05, 0) is 36.9 Å². The molecule has 0 radical (unpaired) electrons. The maximum Gasteiger partial charge on any atom is 0.275 e. The molecule has 2 aromatic heterocycles. The van der Waals surface area contributed by atoms with Crippen LogP contribution in [0.25, 0.3) is 21.7 Å². The molecule has 0 unspecified atom stereocenters. The zero-order valence-electron chi connectivity index (χ0n) is 15.8. The van der Waals surface area contributed by atoms with E-state index in [4.69, 9.17) is 0 Å². The van der Waals surface area contributed by atoms with Gasteiger partial charge in [0.1, 0.15) is 6.54 Å². The van der Waals surface area contributed by atoms with Gasteiger partial charge in [-0.15, -0.1) is 0 Å². The van der Waals surface area contributed by atoms with Crippen molar-refractivity contribution in [1.29, 1.82) is 0 Å². The van der Waals surface area contributed by atoms with E-state index in [1.165, 1.54) is 15.6 Å². The molecule has 6 heteroatoms. The zero-order valence-corrected chi connectivity index (χ0v) is 15.8. The molecule has 0 saturated heterocycles. The summed E-state index contributed by atoms with van der Waals surface area (Å²) in [6.45, 7) is 3.14. The lowest BCUT2D eigenvalue weighted by molar-refractivity contribution is -0.121. The van der Waals surface area contributed by atoms with Crippen molar-refractivity contribution in [2.45, 2.75) is 26.4 Å². The average Bonchev–Trinajstić information content (AvgIpc) is 3.12. The van der Waals surface area contributed by atoms with E-state index >= 15 is 0 Å². The number of aromatic nitrogens is 3. The molecule has 1 amide bonds. The molecule has 0 fully saturated rings. The van der Waals surface area contributed by atoms with Crippen molar-refractivity contribution in [2.24, 2.45) is 0 Å². The highest BCUT2D eigenvalue weighted by molar-refractivity contribution is 5.84. The van der Waals surface area contributed by atoms with Gasteiger partial charge >= 0.3 is 0 Å². The first-order valence-corrected chi connectivity index (χ1v) is 9.40. The maximum absolute atomic E-state index is 12.5. The number of rotatable bonds is 6. The van der Waals surface area contributed by atoms with E-state index in [0.717, 1.165) is 24.0 Å². The number of nitrogens with zero attached hydrogens (tertiary/aromatic N) is 3. The molecule has 0 spiro atoms. The minimum Gasteiger partial charge on any atom is -0.354 e. The lowest BCUT2D eigenvalue weighted by Gasteiger charge is -2.10. The number of carbonyl (C=O) groups excluding carboxylic acids is 1. The van der Waals surface area contributed by atoms with Gasteiger partial charge in [-0.1, -0.05) is 36.4 Å². The second-order valence-electron chi connectivity index (χ2n) is 6.87. The van der Waals surface area contributed by atoms with Gasteiger partial charge in [0, 0.05) is 30.2 Å². The predicted molar refractivity (Wildman–Crippen MR) is 110 cm³/mol. The van der Waals surface area contributed by atoms with Crippen LogP contribution in [0.5, 0.6) is 0 Å². The van der Waals surface area contributed by atoms with Crippen molar-refractivity contribution in [2.75, 3.05) is 6.54 Å². The molecule has 0 saturated carbocycles. The summed E-state index contributed by atoms with van der Waals surface area (Å²) in [6, 6.07) is 17.6. The summed E-state index contributed by atoms with van der Waals surface area (Å²) in [5.74, 6) is -0.207. The first-order valence-electron chi connectivity index (χ1n) is 9.40. The van der Waals surface area contributed by atoms with Gasteiger partial charge in [0.15, 0.2) is 0 Å². The Hall–Kier alpha value is -3.41. The quantitative estimate of drug-likeness (QED) is 0.528. The summed E-state index contributed by atoms with van der Waals surface area (Å²) in [6.07, 6.45) is 2.87. The molecule has 4 rings (SSSR count). The Labute approximate surface area is 162 Å². The fraction of sp³-hybridized carbons (Fsp3) is 0.227. The fourth-order valence-electron chi connectivity index (χ4n) is 3.52. The Morgan fingerprint density at radius 1 is 1.04 bits per heavy atom. The number of benzene rings is 2. The lowest BCUT2D eigenvalue weighted by Crippen LogP contribution is -2.34. The summed E-state index contributed by atoms with van der Waals surface area (Å²) in [5, 5.41) is 9.79. The third-order valence-corrected chi connectivity index (χ3v) is 4.92. The smallest absolute Gasteiger partial charge is 0.275 e. The number of fused-ring (bicyclic) bond motifs is 2. The second kappa shape index (κ2) is 7.68. The Bertz CT molecular complexity index is 1210. The van der Waals surface area contributed by atoms with Gasteiger partial charge in [0.05, 0.1) is 11.1 Å². The third kappa shape index (κ3) is 3.53. The molecule has 6 nitrogen and oxygen atoms in total. The lowest BCUT2D eigenvalue weighted by atomic mass is 10.1. The van der Waals surface area contributed by atoms with Crippen LogP contribution in [0, 0.1) is 6.92 Å². The summed E-state index contributed by atoms with van der Waals surface area (Å²) < 4.78 is 3.42. The highest BCUT2D eigenvalue weighted by atomic mass is 16.2. The van der Waals surface area contributed by atoms with E-state index in [1.54, 1.807) is 6.07 Å². The van der Waals surface area contributed by atoms with Crippen molar-refractivity contribution >= 4 is 27.6 Å². The summed E-state index contributed by atoms with van der Waals surface area (Å²) in [4.78, 5) is 24.8. The van der Waals surface area contributed by atoms with E-state index in [2.05, 4.69) is 39.4 Å². The Morgan fingerprint density at radius 3 is 2.64 bits per heavy atom. The number of nitrogens with one attached hydrogen (secondary N) is 1. The van der Waals surface area contributed by atoms with Crippen LogP contribution < -0.4 is 10.9 Å². The third-order valence-electron chi connectivity index (χ3n) is 4.92. The van der Waals surface area contributed by atoms with E-state index in [1.807, 2.05) is 37.3 Å². The Balaban J connectivity index is 1.35. The standard InChI is InChI=1S/C22H22N4O2/c1-16-18-8-3-4-9-19(18)22(28)26(24-16)15-21(27)23-12-6-13-25-14-11-17-7-2-5-10-20(17)25/h2-5,7-11,14H,6,12-13,15H2,1H3,(H,23,27). The van der Waals surface area contributed by atoms with Crippen molar-refractivity contribution in [3.63, 3.8) is 0 Å². The van der Waals surface area contributed by atoms with E-state index < -0.39 is 0 Å². The normalized spacial score (nSPS) is 11.2. The van der Waals surface area contributed by atoms with Crippen LogP contribution >= 0.6 is 0 Å². The summed E-state index contributed by atoms with van der Waals surface area (Å²) in [7, 11) is 0. The maximum atomic E-state index is 12.5. The first-order chi connectivity index (χ1) is 13.6. The highest BCUT2D eigenvalue weighted by Crippen LogP contribution is 2.15. The van der Waals surface area contributed by atoms with E-state index in [9.17, 15) is 9.59 Å². The second-order valence-corrected chi connectivity index (χ2v) is 6.87. The highest BCUT2D eigenvalue weighted by Gasteiger charge is 2.10. The molecule has 4 aromatic rings. The van der Waals surface area contributed by atoms with E-state index in [0.29, 0.717) is 11.9 Å². The molecule has 0 aliphatic heterocycles. The number of hydrogen-bond acceptors (Lipinski definition) is 3. The Kier molecular flexibility index (Phi) is 4.93. The fourth-order valence-corrected chi connectivity index (χ4v) is 3.52. The molecule has 0 aliphatic carbocycles. The predicted octanol–water partition coefficient (Wildman–Crippen LogP) is 2.87. The van der Waals surface area contributed by atoms with Crippen molar-refractivity contribution in [3.8, 4) is 0 Å². The summed E-state index contributed by atoms with van der Waals surface area (Å²) >= 11 is 0. The van der Waals surface area contributed by atoms with Gasteiger partial charge in [0.2, 0.25) is 5.91 Å². The van der Waals surface area contributed by atoms with Crippen molar-refractivity contribution in [3.05, 3.63) is 76.8 Å². The minimum absolute atomic E-state index is 0.0725. The molecule has 142 valence electrons. The van der Waals surface area contributed by atoms with Crippen LogP contribution in [0.3, 0.4) is 0 Å². The van der Waals surface area contributed by atoms with Gasteiger partial charge < -0.3 is 9.88 Å². The number of aryl methyl sites for hydroxylation is 2. The topological polar surface area (TPSA) is 68.9 Å². The molecule has 1 N–H and O–H groups in total. The molecule has 0 aliphatic rings. The number of para-hydroxylation sites is 1. The molecule has 2 aromatic carbocycles. The van der Waals surface area contributed by atoms with Crippen LogP contribution in [0.15, 0.2) is 65.6 Å². The molecule has 0 atom stereocenters. The molecule has 2 heterocycles. The van der Waals surface area contributed by atoms with Crippen molar-refractivity contribution < 1.29 is 4.79 Å². The van der Waals surface area contributed by atoms with Crippen LogP contribution in [0.4, 0.5) is 0 Å². The van der Waals surface area contributed by atoms with Gasteiger partial charge in [-0.2, -0.15) is 5.10 Å².